The highest BCUT2D eigenvalue weighted by molar-refractivity contribution is 4.81. The Kier molecular flexibility index (Phi) is 4.19. The molecular formula is C9H17F3N2. The molecule has 1 aliphatic rings. The second kappa shape index (κ2) is 4.98. The molecule has 0 bridgehead atoms. The van der Waals surface area contributed by atoms with Crippen LogP contribution < -0.4 is 5.32 Å². The van der Waals surface area contributed by atoms with Crippen molar-refractivity contribution >= 4 is 0 Å². The van der Waals surface area contributed by atoms with Crippen molar-refractivity contribution in [2.75, 3.05) is 26.2 Å². The van der Waals surface area contributed by atoms with Crippen LogP contribution in [0, 0.1) is 0 Å². The van der Waals surface area contributed by atoms with Crippen LogP contribution in [0.1, 0.15) is 19.8 Å². The summed E-state index contributed by atoms with van der Waals surface area (Å²) in [7, 11) is 0. The summed E-state index contributed by atoms with van der Waals surface area (Å²) in [6.07, 6.45) is -2.47. The van der Waals surface area contributed by atoms with Crippen molar-refractivity contribution in [3.63, 3.8) is 0 Å². The molecule has 1 N–H and O–H groups in total. The van der Waals surface area contributed by atoms with Gasteiger partial charge in [0.05, 0.1) is 6.54 Å². The molecule has 0 radical (unpaired) electrons. The zero-order valence-electron chi connectivity index (χ0n) is 8.40. The van der Waals surface area contributed by atoms with E-state index in [1.807, 2.05) is 6.92 Å². The van der Waals surface area contributed by atoms with Gasteiger partial charge in [-0.3, -0.25) is 4.90 Å². The first-order valence-electron chi connectivity index (χ1n) is 5.04. The van der Waals surface area contributed by atoms with E-state index >= 15 is 0 Å². The molecule has 1 atom stereocenters. The lowest BCUT2D eigenvalue weighted by Crippen LogP contribution is -2.43. The highest BCUT2D eigenvalue weighted by Gasteiger charge is 2.34. The van der Waals surface area contributed by atoms with E-state index in [2.05, 4.69) is 5.32 Å². The molecule has 1 heterocycles. The molecule has 1 rings (SSSR count). The highest BCUT2D eigenvalue weighted by Crippen LogP contribution is 2.20. The molecule has 1 aliphatic heterocycles. The van der Waals surface area contributed by atoms with Gasteiger partial charge in [-0.25, -0.2) is 0 Å². The standard InChI is InChI=1S/C9H17F3N2/c1-2-5-14(7-9(10,11)12)8-3-4-13-6-8/h8,13H,2-7H2,1H3. The molecule has 1 saturated heterocycles. The third kappa shape index (κ3) is 3.84. The molecule has 0 aromatic rings. The molecule has 5 heteroatoms. The van der Waals surface area contributed by atoms with Crippen LogP contribution in [0.15, 0.2) is 0 Å². The van der Waals surface area contributed by atoms with Gasteiger partial charge in [-0.1, -0.05) is 6.92 Å². The van der Waals surface area contributed by atoms with Gasteiger partial charge < -0.3 is 5.32 Å². The molecule has 84 valence electrons. The quantitative estimate of drug-likeness (QED) is 0.758. The maximum absolute atomic E-state index is 12.2. The molecule has 0 aliphatic carbocycles. The Labute approximate surface area is 82.5 Å². The average Bonchev–Trinajstić information content (AvgIpc) is 2.52. The number of nitrogens with one attached hydrogen (secondary N) is 1. The van der Waals surface area contributed by atoms with Crippen LogP contribution >= 0.6 is 0 Å². The van der Waals surface area contributed by atoms with Crippen LogP contribution in [0.25, 0.3) is 0 Å². The summed E-state index contributed by atoms with van der Waals surface area (Å²) < 4.78 is 36.7. The molecule has 1 fully saturated rings. The number of alkyl halides is 3. The minimum absolute atomic E-state index is 0.0663. The monoisotopic (exact) mass is 210 g/mol. The lowest BCUT2D eigenvalue weighted by atomic mass is 10.2. The molecule has 14 heavy (non-hydrogen) atoms. The molecular weight excluding hydrogens is 193 g/mol. The first kappa shape index (κ1) is 11.8. The van der Waals surface area contributed by atoms with Crippen molar-refractivity contribution in [1.82, 2.24) is 10.2 Å². The third-order valence-electron chi connectivity index (χ3n) is 2.44. The first-order valence-corrected chi connectivity index (χ1v) is 5.04. The average molecular weight is 210 g/mol. The van der Waals surface area contributed by atoms with Gasteiger partial charge in [0, 0.05) is 12.6 Å². The Bertz CT molecular complexity index is 164. The number of nitrogens with zero attached hydrogens (tertiary/aromatic N) is 1. The Balaban J connectivity index is 2.45. The Morgan fingerprint density at radius 3 is 2.57 bits per heavy atom. The number of hydrogen-bond acceptors (Lipinski definition) is 2. The van der Waals surface area contributed by atoms with Crippen LogP contribution in [-0.2, 0) is 0 Å². The zero-order chi connectivity index (χ0) is 10.6. The SMILES string of the molecule is CCCN(CC(F)(F)F)C1CCNC1. The maximum Gasteiger partial charge on any atom is 0.401 e. The predicted octanol–water partition coefficient (Wildman–Crippen LogP) is 1.62. The van der Waals surface area contributed by atoms with Crippen LogP contribution in [-0.4, -0.2) is 43.3 Å². The van der Waals surface area contributed by atoms with E-state index in [9.17, 15) is 13.2 Å². The van der Waals surface area contributed by atoms with Gasteiger partial charge in [0.25, 0.3) is 0 Å². The van der Waals surface area contributed by atoms with Gasteiger partial charge in [0.2, 0.25) is 0 Å². The Morgan fingerprint density at radius 2 is 2.14 bits per heavy atom. The fraction of sp³-hybridized carbons (Fsp3) is 1.00. The number of rotatable bonds is 4. The number of hydrogen-bond donors (Lipinski definition) is 1. The lowest BCUT2D eigenvalue weighted by Gasteiger charge is -2.28. The van der Waals surface area contributed by atoms with E-state index < -0.39 is 12.7 Å². The first-order chi connectivity index (χ1) is 6.53. The summed E-state index contributed by atoms with van der Waals surface area (Å²) in [4.78, 5) is 1.54. The normalized spacial score (nSPS) is 23.4. The van der Waals surface area contributed by atoms with E-state index in [0.29, 0.717) is 13.1 Å². The van der Waals surface area contributed by atoms with E-state index in [1.54, 1.807) is 4.90 Å². The summed E-state index contributed by atoms with van der Waals surface area (Å²) in [6, 6.07) is 0.0663. The summed E-state index contributed by atoms with van der Waals surface area (Å²) in [6.45, 7) is 3.20. The Hall–Kier alpha value is -0.290. The van der Waals surface area contributed by atoms with E-state index in [1.165, 1.54) is 0 Å². The molecule has 0 spiro atoms. The summed E-state index contributed by atoms with van der Waals surface area (Å²) in [5.41, 5.74) is 0. The summed E-state index contributed by atoms with van der Waals surface area (Å²) >= 11 is 0. The fourth-order valence-electron chi connectivity index (χ4n) is 1.86. The molecule has 0 aromatic carbocycles. The van der Waals surface area contributed by atoms with Crippen molar-refractivity contribution in [3.05, 3.63) is 0 Å². The molecule has 2 nitrogen and oxygen atoms in total. The van der Waals surface area contributed by atoms with Crippen molar-refractivity contribution in [2.24, 2.45) is 0 Å². The predicted molar refractivity (Wildman–Crippen MR) is 49.2 cm³/mol. The van der Waals surface area contributed by atoms with Crippen molar-refractivity contribution in [3.8, 4) is 0 Å². The third-order valence-corrected chi connectivity index (χ3v) is 2.44. The smallest absolute Gasteiger partial charge is 0.315 e. The summed E-state index contributed by atoms with van der Waals surface area (Å²) in [5.74, 6) is 0. The molecule has 1 unspecified atom stereocenters. The topological polar surface area (TPSA) is 15.3 Å². The van der Waals surface area contributed by atoms with E-state index in [4.69, 9.17) is 0 Å². The van der Waals surface area contributed by atoms with E-state index in [-0.39, 0.29) is 6.04 Å². The van der Waals surface area contributed by atoms with Gasteiger partial charge in [0.1, 0.15) is 0 Å². The maximum atomic E-state index is 12.2. The van der Waals surface area contributed by atoms with Crippen LogP contribution in [0.2, 0.25) is 0 Å². The minimum atomic E-state index is -4.07. The van der Waals surface area contributed by atoms with Crippen molar-refractivity contribution < 1.29 is 13.2 Å². The second-order valence-electron chi connectivity index (χ2n) is 3.73. The van der Waals surface area contributed by atoms with Gasteiger partial charge >= 0.3 is 6.18 Å². The molecule has 0 saturated carbocycles. The van der Waals surface area contributed by atoms with Gasteiger partial charge in [-0.05, 0) is 25.9 Å². The van der Waals surface area contributed by atoms with Crippen LogP contribution in [0.5, 0.6) is 0 Å². The number of halogens is 3. The fourth-order valence-corrected chi connectivity index (χ4v) is 1.86. The molecule has 0 aromatic heterocycles. The van der Waals surface area contributed by atoms with Crippen LogP contribution in [0.4, 0.5) is 13.2 Å². The molecule has 0 amide bonds. The second-order valence-corrected chi connectivity index (χ2v) is 3.73. The lowest BCUT2D eigenvalue weighted by molar-refractivity contribution is -0.150. The van der Waals surface area contributed by atoms with Gasteiger partial charge in [-0.15, -0.1) is 0 Å². The van der Waals surface area contributed by atoms with Gasteiger partial charge in [0.15, 0.2) is 0 Å². The minimum Gasteiger partial charge on any atom is -0.315 e. The Morgan fingerprint density at radius 1 is 1.43 bits per heavy atom. The van der Waals surface area contributed by atoms with Gasteiger partial charge in [-0.2, -0.15) is 13.2 Å². The van der Waals surface area contributed by atoms with Crippen molar-refractivity contribution in [1.29, 1.82) is 0 Å². The summed E-state index contributed by atoms with van der Waals surface area (Å²) in [5, 5.41) is 3.09. The van der Waals surface area contributed by atoms with Crippen molar-refractivity contribution in [2.45, 2.75) is 32.0 Å². The largest absolute Gasteiger partial charge is 0.401 e. The van der Waals surface area contributed by atoms with Crippen LogP contribution in [0.3, 0.4) is 0 Å². The highest BCUT2D eigenvalue weighted by atomic mass is 19.4. The van der Waals surface area contributed by atoms with E-state index in [0.717, 1.165) is 19.4 Å². The zero-order valence-corrected chi connectivity index (χ0v) is 8.40.